The monoisotopic (exact) mass is 369 g/mol. The third kappa shape index (κ3) is 3.27. The number of nitrogens with one attached hydrogen (secondary N) is 1. The molecule has 0 bridgehead atoms. The van der Waals surface area contributed by atoms with Crippen LogP contribution in [0.4, 0.5) is 0 Å². The van der Waals surface area contributed by atoms with Crippen LogP contribution in [0.25, 0.3) is 22.4 Å². The lowest BCUT2D eigenvalue weighted by Crippen LogP contribution is -2.00. The van der Waals surface area contributed by atoms with Crippen LogP contribution in [0.1, 0.15) is 12.7 Å². The first-order chi connectivity index (χ1) is 12.2. The van der Waals surface area contributed by atoms with Gasteiger partial charge in [0.05, 0.1) is 16.8 Å². The fraction of sp³-hybridized carbons (Fsp3) is 0.167. The van der Waals surface area contributed by atoms with Gasteiger partial charge in [-0.05, 0) is 31.2 Å². The van der Waals surface area contributed by atoms with Gasteiger partial charge in [-0.1, -0.05) is 47.6 Å². The number of halogens is 1. The Bertz CT molecular complexity index is 990. The average Bonchev–Trinajstić information content (AvgIpc) is 3.23. The molecule has 0 unspecified atom stereocenters. The zero-order chi connectivity index (χ0) is 17.2. The van der Waals surface area contributed by atoms with E-state index < -0.39 is 0 Å². The van der Waals surface area contributed by atoms with Gasteiger partial charge < -0.3 is 9.55 Å². The second-order valence-corrected chi connectivity index (χ2v) is 6.93. The fourth-order valence-corrected chi connectivity index (χ4v) is 3.79. The van der Waals surface area contributed by atoms with Crippen LogP contribution in [-0.4, -0.2) is 24.7 Å². The molecule has 0 aliphatic rings. The first kappa shape index (κ1) is 16.2. The van der Waals surface area contributed by atoms with Gasteiger partial charge >= 0.3 is 0 Å². The second-order valence-electron chi connectivity index (χ2n) is 5.55. The van der Waals surface area contributed by atoms with E-state index in [1.165, 1.54) is 0 Å². The van der Waals surface area contributed by atoms with Gasteiger partial charge in [0.2, 0.25) is 0 Å². The predicted octanol–water partition coefficient (Wildman–Crippen LogP) is 4.79. The maximum atomic E-state index is 6.10. The summed E-state index contributed by atoms with van der Waals surface area (Å²) in [7, 11) is 0. The van der Waals surface area contributed by atoms with Crippen LogP contribution in [0, 0.1) is 0 Å². The largest absolute Gasteiger partial charge is 0.341 e. The Morgan fingerprint density at radius 3 is 2.80 bits per heavy atom. The van der Waals surface area contributed by atoms with E-state index >= 15 is 0 Å². The third-order valence-electron chi connectivity index (χ3n) is 3.89. The van der Waals surface area contributed by atoms with Crippen molar-refractivity contribution in [1.82, 2.24) is 24.7 Å². The molecule has 0 saturated heterocycles. The highest BCUT2D eigenvalue weighted by Gasteiger charge is 2.14. The molecule has 0 amide bonds. The lowest BCUT2D eigenvalue weighted by atomic mass is 10.2. The van der Waals surface area contributed by atoms with E-state index in [2.05, 4.69) is 31.7 Å². The van der Waals surface area contributed by atoms with E-state index in [4.69, 9.17) is 11.6 Å². The van der Waals surface area contributed by atoms with Crippen LogP contribution in [-0.2, 0) is 12.3 Å². The fourth-order valence-electron chi connectivity index (χ4n) is 2.73. The number of aromatic amines is 1. The molecular weight excluding hydrogens is 354 g/mol. The molecule has 0 radical (unpaired) electrons. The van der Waals surface area contributed by atoms with Gasteiger partial charge in [0.25, 0.3) is 0 Å². The van der Waals surface area contributed by atoms with Gasteiger partial charge in [0, 0.05) is 17.1 Å². The Morgan fingerprint density at radius 1 is 1.12 bits per heavy atom. The number of imidazole rings is 1. The van der Waals surface area contributed by atoms with Crippen molar-refractivity contribution in [2.45, 2.75) is 24.4 Å². The van der Waals surface area contributed by atoms with Gasteiger partial charge in [-0.15, -0.1) is 10.2 Å². The van der Waals surface area contributed by atoms with Crippen molar-refractivity contribution in [1.29, 1.82) is 0 Å². The zero-order valence-corrected chi connectivity index (χ0v) is 15.2. The highest BCUT2D eigenvalue weighted by atomic mass is 35.5. The number of nitrogens with zero attached hydrogens (tertiary/aromatic N) is 4. The second kappa shape index (κ2) is 6.90. The zero-order valence-electron chi connectivity index (χ0n) is 13.6. The average molecular weight is 370 g/mol. The lowest BCUT2D eigenvalue weighted by molar-refractivity contribution is 0.687. The minimum absolute atomic E-state index is 0.694. The summed E-state index contributed by atoms with van der Waals surface area (Å²) in [6.45, 7) is 2.87. The number of rotatable bonds is 5. The normalized spacial score (nSPS) is 11.3. The molecular formula is C18H16ClN5S. The van der Waals surface area contributed by atoms with E-state index in [0.717, 1.165) is 39.9 Å². The van der Waals surface area contributed by atoms with Crippen molar-refractivity contribution in [3.8, 4) is 11.4 Å². The van der Waals surface area contributed by atoms with Gasteiger partial charge in [0.15, 0.2) is 11.0 Å². The molecule has 0 aliphatic heterocycles. The number of hydrogen-bond donors (Lipinski definition) is 1. The first-order valence-corrected chi connectivity index (χ1v) is 9.36. The number of benzene rings is 2. The lowest BCUT2D eigenvalue weighted by Gasteiger charge is -2.07. The van der Waals surface area contributed by atoms with Crippen LogP contribution >= 0.6 is 23.4 Å². The predicted molar refractivity (Wildman–Crippen MR) is 102 cm³/mol. The van der Waals surface area contributed by atoms with E-state index in [-0.39, 0.29) is 0 Å². The van der Waals surface area contributed by atoms with Crippen molar-refractivity contribution in [3.05, 3.63) is 59.4 Å². The highest BCUT2D eigenvalue weighted by molar-refractivity contribution is 7.98. The molecule has 0 fully saturated rings. The molecule has 2 aromatic heterocycles. The molecule has 4 aromatic rings. The number of fused-ring (bicyclic) bond motifs is 1. The molecule has 5 nitrogen and oxygen atoms in total. The Labute approximate surface area is 154 Å². The maximum absolute atomic E-state index is 6.10. The first-order valence-electron chi connectivity index (χ1n) is 8.00. The van der Waals surface area contributed by atoms with Gasteiger partial charge in [-0.3, -0.25) is 0 Å². The van der Waals surface area contributed by atoms with E-state index in [0.29, 0.717) is 10.8 Å². The summed E-state index contributed by atoms with van der Waals surface area (Å²) in [4.78, 5) is 7.95. The molecule has 0 atom stereocenters. The third-order valence-corrected chi connectivity index (χ3v) is 5.11. The standard InChI is InChI=1S/C18H16ClN5S/c1-2-24-17(12-6-5-7-13(19)10-12)22-23-18(24)25-11-16-20-14-8-3-4-9-15(14)21-16/h3-10H,2,11H2,1H3,(H,20,21). The van der Waals surface area contributed by atoms with Crippen molar-refractivity contribution in [2.24, 2.45) is 0 Å². The van der Waals surface area contributed by atoms with Crippen molar-refractivity contribution in [3.63, 3.8) is 0 Å². The molecule has 0 spiro atoms. The molecule has 25 heavy (non-hydrogen) atoms. The summed E-state index contributed by atoms with van der Waals surface area (Å²) in [5.41, 5.74) is 3.00. The van der Waals surface area contributed by atoms with Crippen LogP contribution in [0.5, 0.6) is 0 Å². The number of H-pyrrole nitrogens is 1. The Kier molecular flexibility index (Phi) is 4.46. The molecule has 2 heterocycles. The molecule has 0 aliphatic carbocycles. The Hall–Kier alpha value is -2.31. The minimum Gasteiger partial charge on any atom is -0.341 e. The summed E-state index contributed by atoms with van der Waals surface area (Å²) in [5, 5.41) is 10.3. The summed E-state index contributed by atoms with van der Waals surface area (Å²) in [6, 6.07) is 15.7. The molecule has 2 aromatic carbocycles. The molecule has 0 saturated carbocycles. The summed E-state index contributed by atoms with van der Waals surface area (Å²) < 4.78 is 2.10. The van der Waals surface area contributed by atoms with E-state index in [1.807, 2.05) is 48.5 Å². The van der Waals surface area contributed by atoms with Crippen molar-refractivity contribution >= 4 is 34.4 Å². The van der Waals surface area contributed by atoms with Gasteiger partial charge in [-0.2, -0.15) is 0 Å². The highest BCUT2D eigenvalue weighted by Crippen LogP contribution is 2.27. The van der Waals surface area contributed by atoms with Crippen molar-refractivity contribution in [2.75, 3.05) is 0 Å². The minimum atomic E-state index is 0.694. The van der Waals surface area contributed by atoms with Crippen LogP contribution in [0.3, 0.4) is 0 Å². The SMILES string of the molecule is CCn1c(SCc2nc3ccccc3[nH]2)nnc1-c1cccc(Cl)c1. The number of para-hydroxylation sites is 2. The molecule has 4 rings (SSSR count). The van der Waals surface area contributed by atoms with Crippen molar-refractivity contribution < 1.29 is 0 Å². The number of hydrogen-bond acceptors (Lipinski definition) is 4. The van der Waals surface area contributed by atoms with E-state index in [9.17, 15) is 0 Å². The van der Waals surface area contributed by atoms with E-state index in [1.54, 1.807) is 11.8 Å². The Balaban J connectivity index is 1.58. The quantitative estimate of drug-likeness (QED) is 0.514. The Morgan fingerprint density at radius 2 is 2.00 bits per heavy atom. The summed E-state index contributed by atoms with van der Waals surface area (Å²) in [6.07, 6.45) is 0. The van der Waals surface area contributed by atoms with Crippen LogP contribution in [0.2, 0.25) is 5.02 Å². The summed E-state index contributed by atoms with van der Waals surface area (Å²) in [5.74, 6) is 2.47. The number of thioether (sulfide) groups is 1. The number of aromatic nitrogens is 5. The smallest absolute Gasteiger partial charge is 0.191 e. The summed E-state index contributed by atoms with van der Waals surface area (Å²) >= 11 is 7.72. The molecule has 1 N–H and O–H groups in total. The molecule has 7 heteroatoms. The van der Waals surface area contributed by atoms with Crippen LogP contribution in [0.15, 0.2) is 53.7 Å². The van der Waals surface area contributed by atoms with Gasteiger partial charge in [0.1, 0.15) is 5.82 Å². The topological polar surface area (TPSA) is 59.4 Å². The van der Waals surface area contributed by atoms with Gasteiger partial charge in [-0.25, -0.2) is 4.98 Å². The van der Waals surface area contributed by atoms with Crippen LogP contribution < -0.4 is 0 Å². The molecule has 126 valence electrons. The maximum Gasteiger partial charge on any atom is 0.191 e.